The molecule has 1 atom stereocenters. The number of rotatable bonds is 9. The number of hydrogen-bond acceptors (Lipinski definition) is 3. The summed E-state index contributed by atoms with van der Waals surface area (Å²) in [6, 6.07) is 11.1. The Balaban J connectivity index is 2.16. The van der Waals surface area contributed by atoms with Crippen molar-refractivity contribution >= 4 is 11.8 Å². The molecule has 0 aliphatic carbocycles. The van der Waals surface area contributed by atoms with E-state index in [2.05, 4.69) is 5.32 Å². The average Bonchev–Trinajstić information content (AvgIpc) is 2.71. The highest BCUT2D eigenvalue weighted by molar-refractivity contribution is 5.88. The molecule has 2 rings (SSSR count). The van der Waals surface area contributed by atoms with E-state index in [9.17, 15) is 14.0 Å². The molecule has 0 unspecified atom stereocenters. The van der Waals surface area contributed by atoms with Gasteiger partial charge in [0.05, 0.1) is 0 Å². The molecule has 5 nitrogen and oxygen atoms in total. The van der Waals surface area contributed by atoms with Crippen molar-refractivity contribution in [1.82, 2.24) is 10.2 Å². The zero-order valence-electron chi connectivity index (χ0n) is 18.4. The molecule has 0 spiro atoms. The summed E-state index contributed by atoms with van der Waals surface area (Å²) >= 11 is 0. The lowest BCUT2D eigenvalue weighted by Crippen LogP contribution is -2.49. The first-order chi connectivity index (χ1) is 14.2. The lowest BCUT2D eigenvalue weighted by molar-refractivity contribution is -0.142. The summed E-state index contributed by atoms with van der Waals surface area (Å²) in [4.78, 5) is 26.9. The highest BCUT2D eigenvalue weighted by Crippen LogP contribution is 2.18. The number of nitrogens with zero attached hydrogens (tertiary/aromatic N) is 1. The third kappa shape index (κ3) is 6.58. The second-order valence-corrected chi connectivity index (χ2v) is 7.96. The van der Waals surface area contributed by atoms with Gasteiger partial charge in [-0.3, -0.25) is 9.59 Å². The van der Waals surface area contributed by atoms with E-state index in [1.807, 2.05) is 39.8 Å². The van der Waals surface area contributed by atoms with Gasteiger partial charge in [0, 0.05) is 18.7 Å². The molecule has 0 aromatic heterocycles. The predicted octanol–water partition coefficient (Wildman–Crippen LogP) is 4.01. The maximum atomic E-state index is 14.2. The second-order valence-electron chi connectivity index (χ2n) is 7.96. The fraction of sp³-hybridized carbons (Fsp3) is 0.417. The van der Waals surface area contributed by atoms with Crippen LogP contribution in [0.4, 0.5) is 4.39 Å². The van der Waals surface area contributed by atoms with Gasteiger partial charge in [-0.2, -0.15) is 0 Å². The van der Waals surface area contributed by atoms with Crippen LogP contribution < -0.4 is 10.1 Å². The normalized spacial score (nSPS) is 11.8. The van der Waals surface area contributed by atoms with Gasteiger partial charge in [0.1, 0.15) is 17.6 Å². The van der Waals surface area contributed by atoms with Gasteiger partial charge in [0.25, 0.3) is 5.91 Å². The number of hydrogen-bond donors (Lipinski definition) is 1. The van der Waals surface area contributed by atoms with Crippen LogP contribution in [0.2, 0.25) is 0 Å². The summed E-state index contributed by atoms with van der Waals surface area (Å²) in [6.07, 6.45) is 0. The number of amides is 2. The van der Waals surface area contributed by atoms with E-state index < -0.39 is 11.9 Å². The number of benzene rings is 2. The van der Waals surface area contributed by atoms with Crippen molar-refractivity contribution in [3.05, 3.63) is 65.0 Å². The summed E-state index contributed by atoms with van der Waals surface area (Å²) in [6.45, 7) is 9.84. The first-order valence-electron chi connectivity index (χ1n) is 10.2. The van der Waals surface area contributed by atoms with Crippen molar-refractivity contribution in [2.45, 2.75) is 47.2 Å². The number of ether oxygens (including phenoxy) is 1. The zero-order valence-corrected chi connectivity index (χ0v) is 18.4. The van der Waals surface area contributed by atoms with Crippen molar-refractivity contribution in [2.75, 3.05) is 13.2 Å². The van der Waals surface area contributed by atoms with Gasteiger partial charge in [-0.25, -0.2) is 4.39 Å². The molecule has 0 fully saturated rings. The molecule has 0 aliphatic rings. The first-order valence-corrected chi connectivity index (χ1v) is 10.2. The van der Waals surface area contributed by atoms with Gasteiger partial charge in [0.15, 0.2) is 6.61 Å². The molecule has 0 aliphatic heterocycles. The smallest absolute Gasteiger partial charge is 0.261 e. The van der Waals surface area contributed by atoms with Crippen LogP contribution in [0.3, 0.4) is 0 Å². The molecule has 30 heavy (non-hydrogen) atoms. The van der Waals surface area contributed by atoms with Gasteiger partial charge in [-0.1, -0.05) is 38.1 Å². The lowest BCUT2D eigenvalue weighted by Gasteiger charge is -2.29. The quantitative estimate of drug-likeness (QED) is 0.674. The Labute approximate surface area is 178 Å². The molecule has 2 amide bonds. The third-order valence-electron chi connectivity index (χ3n) is 4.99. The monoisotopic (exact) mass is 414 g/mol. The Morgan fingerprint density at radius 3 is 2.40 bits per heavy atom. The van der Waals surface area contributed by atoms with Gasteiger partial charge in [-0.05, 0) is 56.0 Å². The van der Waals surface area contributed by atoms with Crippen LogP contribution >= 0.6 is 0 Å². The van der Waals surface area contributed by atoms with Crippen LogP contribution in [-0.4, -0.2) is 35.9 Å². The standard InChI is InChI=1S/C24H31FN2O3/c1-16(2)13-26-24(29)19(5)27(14-20-8-6-7-9-22(20)25)23(28)15-30-21-11-10-17(3)18(4)12-21/h6-12,16,19H,13-15H2,1-5H3,(H,26,29)/t19-/m1/s1. The Hall–Kier alpha value is -2.89. The Morgan fingerprint density at radius 1 is 1.07 bits per heavy atom. The number of nitrogens with one attached hydrogen (secondary N) is 1. The molecule has 0 bridgehead atoms. The van der Waals surface area contributed by atoms with E-state index in [1.165, 1.54) is 11.0 Å². The molecular weight excluding hydrogens is 383 g/mol. The summed E-state index contributed by atoms with van der Waals surface area (Å²) < 4.78 is 19.9. The Kier molecular flexibility index (Phi) is 8.39. The predicted molar refractivity (Wildman–Crippen MR) is 116 cm³/mol. The van der Waals surface area contributed by atoms with E-state index >= 15 is 0 Å². The van der Waals surface area contributed by atoms with Crippen LogP contribution in [0.5, 0.6) is 5.75 Å². The van der Waals surface area contributed by atoms with Gasteiger partial charge >= 0.3 is 0 Å². The van der Waals surface area contributed by atoms with Gasteiger partial charge < -0.3 is 15.0 Å². The van der Waals surface area contributed by atoms with Crippen LogP contribution in [-0.2, 0) is 16.1 Å². The average molecular weight is 415 g/mol. The van der Waals surface area contributed by atoms with Crippen LogP contribution in [0.1, 0.15) is 37.5 Å². The van der Waals surface area contributed by atoms with E-state index in [0.29, 0.717) is 17.9 Å². The fourth-order valence-corrected chi connectivity index (χ4v) is 2.88. The molecular formula is C24H31FN2O3. The highest BCUT2D eigenvalue weighted by atomic mass is 19.1. The molecule has 0 saturated heterocycles. The Morgan fingerprint density at radius 2 is 1.77 bits per heavy atom. The van der Waals surface area contributed by atoms with Crippen molar-refractivity contribution in [3.8, 4) is 5.75 Å². The maximum Gasteiger partial charge on any atom is 0.261 e. The summed E-state index contributed by atoms with van der Waals surface area (Å²) in [5.74, 6) is -0.220. The minimum absolute atomic E-state index is 0.0158. The maximum absolute atomic E-state index is 14.2. The largest absolute Gasteiger partial charge is 0.484 e. The van der Waals surface area contributed by atoms with E-state index in [1.54, 1.807) is 31.2 Å². The number of halogens is 1. The molecule has 1 N–H and O–H groups in total. The minimum atomic E-state index is -0.765. The molecule has 0 saturated carbocycles. The molecule has 6 heteroatoms. The fourth-order valence-electron chi connectivity index (χ4n) is 2.88. The Bertz CT molecular complexity index is 883. The number of carbonyl (C=O) groups is 2. The molecule has 162 valence electrons. The number of carbonyl (C=O) groups excluding carboxylic acids is 2. The minimum Gasteiger partial charge on any atom is -0.484 e. The van der Waals surface area contributed by atoms with Gasteiger partial charge in [-0.15, -0.1) is 0 Å². The topological polar surface area (TPSA) is 58.6 Å². The highest BCUT2D eigenvalue weighted by Gasteiger charge is 2.27. The number of aryl methyl sites for hydroxylation is 2. The van der Waals surface area contributed by atoms with Crippen molar-refractivity contribution in [3.63, 3.8) is 0 Å². The van der Waals surface area contributed by atoms with Crippen molar-refractivity contribution in [2.24, 2.45) is 5.92 Å². The third-order valence-corrected chi connectivity index (χ3v) is 4.99. The van der Waals surface area contributed by atoms with Gasteiger partial charge in [0.2, 0.25) is 5.91 Å². The van der Waals surface area contributed by atoms with Crippen LogP contribution in [0.15, 0.2) is 42.5 Å². The van der Waals surface area contributed by atoms with Crippen LogP contribution in [0.25, 0.3) is 0 Å². The molecule has 0 heterocycles. The second kappa shape index (κ2) is 10.8. The zero-order chi connectivity index (χ0) is 22.3. The summed E-state index contributed by atoms with van der Waals surface area (Å²) in [5, 5.41) is 2.84. The van der Waals surface area contributed by atoms with E-state index in [4.69, 9.17) is 4.74 Å². The molecule has 2 aromatic rings. The van der Waals surface area contributed by atoms with Crippen molar-refractivity contribution < 1.29 is 18.7 Å². The lowest BCUT2D eigenvalue weighted by atomic mass is 10.1. The first kappa shape index (κ1) is 23.4. The van der Waals surface area contributed by atoms with Crippen molar-refractivity contribution in [1.29, 1.82) is 0 Å². The SMILES string of the molecule is Cc1ccc(OCC(=O)N(Cc2ccccc2F)[C@H](C)C(=O)NCC(C)C)cc1C. The van der Waals surface area contributed by atoms with Crippen LogP contribution in [0, 0.1) is 25.6 Å². The summed E-state index contributed by atoms with van der Waals surface area (Å²) in [7, 11) is 0. The summed E-state index contributed by atoms with van der Waals surface area (Å²) in [5.41, 5.74) is 2.54. The molecule has 0 radical (unpaired) electrons. The van der Waals surface area contributed by atoms with E-state index in [-0.39, 0.29) is 30.9 Å². The van der Waals surface area contributed by atoms with E-state index in [0.717, 1.165) is 11.1 Å². The molecule has 2 aromatic carbocycles.